The molecule has 13 nitrogen and oxygen atoms in total. The van der Waals surface area contributed by atoms with E-state index in [9.17, 15) is 37.5 Å². The Bertz CT molecular complexity index is 1290. The number of carbonyl (C=O) groups is 4. The first-order chi connectivity index (χ1) is 19.3. The van der Waals surface area contributed by atoms with Crippen molar-refractivity contribution in [3.8, 4) is 0 Å². The van der Waals surface area contributed by atoms with Crippen LogP contribution >= 0.6 is 11.8 Å². The lowest BCUT2D eigenvalue weighted by Crippen LogP contribution is -2.66. The topological polar surface area (TPSA) is 184 Å². The Hall–Kier alpha value is -3.18. The summed E-state index contributed by atoms with van der Waals surface area (Å²) < 4.78 is 42.5. The van der Waals surface area contributed by atoms with E-state index in [0.717, 1.165) is 6.42 Å². The van der Waals surface area contributed by atoms with E-state index in [1.54, 1.807) is 11.8 Å². The fraction of sp³-hybridized carbons (Fsp3) is 0.667. The normalized spacial score (nSPS) is 30.4. The maximum absolute atomic E-state index is 13.1. The van der Waals surface area contributed by atoms with Gasteiger partial charge >= 0.3 is 18.0 Å². The monoisotopic (exact) mass is 601 g/mol. The van der Waals surface area contributed by atoms with Crippen LogP contribution in [0.15, 0.2) is 15.0 Å². The van der Waals surface area contributed by atoms with Crippen LogP contribution in [0.25, 0.3) is 0 Å². The highest BCUT2D eigenvalue weighted by atomic mass is 32.2. The smallest absolute Gasteiger partial charge is 0.470 e. The van der Waals surface area contributed by atoms with Crippen molar-refractivity contribution in [1.29, 1.82) is 0 Å². The fourth-order valence-electron chi connectivity index (χ4n) is 6.04. The van der Waals surface area contributed by atoms with Crippen molar-refractivity contribution in [2.24, 2.45) is 17.6 Å². The fourth-order valence-corrected chi connectivity index (χ4v) is 7.52. The minimum Gasteiger partial charge on any atom is -0.477 e. The molecule has 0 bridgehead atoms. The zero-order valence-electron chi connectivity index (χ0n) is 22.2. The molecule has 3 amide bonds. The Morgan fingerprint density at radius 1 is 1.32 bits per heavy atom. The van der Waals surface area contributed by atoms with E-state index >= 15 is 0 Å². The van der Waals surface area contributed by atoms with Gasteiger partial charge in [0, 0.05) is 47.8 Å². The molecule has 224 valence electrons. The molecule has 4 aliphatic heterocycles. The summed E-state index contributed by atoms with van der Waals surface area (Å²) in [5.74, 6) is -5.65. The van der Waals surface area contributed by atoms with Gasteiger partial charge in [0.1, 0.15) is 12.1 Å². The highest BCUT2D eigenvalue weighted by Gasteiger charge is 2.60. The lowest BCUT2D eigenvalue weighted by molar-refractivity contribution is -0.159. The predicted octanol–water partition coefficient (Wildman–Crippen LogP) is -0.0682. The lowest BCUT2D eigenvalue weighted by atomic mass is 9.78. The molecule has 0 saturated carbocycles. The molecule has 2 unspecified atom stereocenters. The number of fused-ring (bicyclic) bond motifs is 1. The van der Waals surface area contributed by atoms with Crippen LogP contribution in [0, 0.1) is 11.8 Å². The number of nitrogens with zero attached hydrogens (tertiary/aromatic N) is 4. The third kappa shape index (κ3) is 5.53. The number of likely N-dealkylation sites (tertiary alicyclic amines) is 1. The van der Waals surface area contributed by atoms with Crippen molar-refractivity contribution in [1.82, 2.24) is 30.6 Å². The van der Waals surface area contributed by atoms with E-state index in [-0.39, 0.29) is 28.8 Å². The number of aliphatic carboxylic acids is 1. The van der Waals surface area contributed by atoms with Crippen LogP contribution in [0.3, 0.4) is 0 Å². The molecule has 5 heterocycles. The van der Waals surface area contributed by atoms with Crippen LogP contribution in [-0.4, -0.2) is 97.8 Å². The molecule has 7 atom stereocenters. The second kappa shape index (κ2) is 10.9. The number of carboxylic acid groups (broad SMARTS) is 1. The van der Waals surface area contributed by atoms with Gasteiger partial charge < -0.3 is 35.7 Å². The maximum Gasteiger partial charge on any atom is 0.470 e. The number of hydrogen-bond donors (Lipinski definition) is 4. The van der Waals surface area contributed by atoms with Gasteiger partial charge in [-0.3, -0.25) is 14.4 Å². The second-order valence-electron chi connectivity index (χ2n) is 10.8. The highest BCUT2D eigenvalue weighted by Crippen LogP contribution is 2.52. The Kier molecular flexibility index (Phi) is 7.80. The van der Waals surface area contributed by atoms with Crippen LogP contribution in [0.5, 0.6) is 0 Å². The summed E-state index contributed by atoms with van der Waals surface area (Å²) in [5, 5.41) is 21.8. The van der Waals surface area contributed by atoms with Crippen LogP contribution in [-0.2, 0) is 31.8 Å². The molecular weight excluding hydrogens is 571 g/mol. The average Bonchev–Trinajstić information content (AvgIpc) is 3.66. The summed E-state index contributed by atoms with van der Waals surface area (Å²) >= 11 is 1.35. The average molecular weight is 602 g/mol. The molecule has 0 aromatic carbocycles. The van der Waals surface area contributed by atoms with Crippen molar-refractivity contribution in [2.45, 2.75) is 68.7 Å². The number of alkyl halides is 3. The number of rotatable bonds is 8. The number of aromatic nitrogens is 2. The maximum atomic E-state index is 13.1. The molecule has 17 heteroatoms. The molecule has 0 aliphatic carbocycles. The highest BCUT2D eigenvalue weighted by molar-refractivity contribution is 8.03. The number of amides is 3. The van der Waals surface area contributed by atoms with Gasteiger partial charge in [-0.1, -0.05) is 6.92 Å². The molecule has 5 N–H and O–H groups in total. The second-order valence-corrected chi connectivity index (χ2v) is 12.2. The van der Waals surface area contributed by atoms with E-state index in [0.29, 0.717) is 31.0 Å². The van der Waals surface area contributed by atoms with Crippen LogP contribution in [0.2, 0.25) is 0 Å². The molecule has 0 spiro atoms. The lowest BCUT2D eigenvalue weighted by Gasteiger charge is -2.47. The minimum absolute atomic E-state index is 0.0215. The number of β-lactam (4-membered cyclic amide) rings is 1. The SMILES string of the molecule is C[C@@H](NC(=O)Cc1nnc(C(F)(F)F)o1)[C@H]1C(=O)N2C(C(=O)O)=C(SC3CNC(C(=O)N4CC[C@@H](N)C4)C3)[C@H](C)[C@H]12. The number of thioether (sulfide) groups is 1. The summed E-state index contributed by atoms with van der Waals surface area (Å²) in [4.78, 5) is 54.2. The van der Waals surface area contributed by atoms with E-state index in [1.165, 1.54) is 16.7 Å². The molecule has 4 aliphatic rings. The minimum atomic E-state index is -4.84. The third-order valence-corrected chi connectivity index (χ3v) is 9.47. The van der Waals surface area contributed by atoms with E-state index in [4.69, 9.17) is 5.73 Å². The zero-order valence-corrected chi connectivity index (χ0v) is 23.0. The summed E-state index contributed by atoms with van der Waals surface area (Å²) in [6, 6.07) is -1.69. The Morgan fingerprint density at radius 2 is 2.05 bits per heavy atom. The molecule has 1 aromatic rings. The third-order valence-electron chi connectivity index (χ3n) is 7.96. The van der Waals surface area contributed by atoms with Crippen molar-refractivity contribution >= 4 is 35.5 Å². The molecule has 3 fully saturated rings. The van der Waals surface area contributed by atoms with Gasteiger partial charge in [0.15, 0.2) is 0 Å². The van der Waals surface area contributed by atoms with Crippen molar-refractivity contribution in [3.05, 3.63) is 22.4 Å². The Balaban J connectivity index is 1.21. The Labute approximate surface area is 236 Å². The van der Waals surface area contributed by atoms with Crippen molar-refractivity contribution in [2.75, 3.05) is 19.6 Å². The number of nitrogens with two attached hydrogens (primary N) is 1. The quantitative estimate of drug-likeness (QED) is 0.293. The molecule has 3 saturated heterocycles. The number of carboxylic acids is 1. The number of halogens is 3. The first kappa shape index (κ1) is 29.3. The van der Waals surface area contributed by atoms with Gasteiger partial charge in [-0.25, -0.2) is 4.79 Å². The van der Waals surface area contributed by atoms with E-state index in [1.807, 2.05) is 6.92 Å². The van der Waals surface area contributed by atoms with Gasteiger partial charge in [0.05, 0.1) is 18.0 Å². The molecule has 41 heavy (non-hydrogen) atoms. The van der Waals surface area contributed by atoms with Gasteiger partial charge in [-0.15, -0.1) is 22.0 Å². The van der Waals surface area contributed by atoms with Gasteiger partial charge in [-0.05, 0) is 19.8 Å². The summed E-state index contributed by atoms with van der Waals surface area (Å²) in [5.41, 5.74) is 5.83. The van der Waals surface area contributed by atoms with Gasteiger partial charge in [-0.2, -0.15) is 13.2 Å². The predicted molar refractivity (Wildman–Crippen MR) is 136 cm³/mol. The zero-order chi connectivity index (χ0) is 29.8. The Morgan fingerprint density at radius 3 is 2.66 bits per heavy atom. The molecule has 5 rings (SSSR count). The number of nitrogens with one attached hydrogen (secondary N) is 2. The van der Waals surface area contributed by atoms with Crippen LogP contribution in [0.4, 0.5) is 13.2 Å². The largest absolute Gasteiger partial charge is 0.477 e. The van der Waals surface area contributed by atoms with E-state index in [2.05, 4.69) is 25.2 Å². The van der Waals surface area contributed by atoms with Crippen LogP contribution < -0.4 is 16.4 Å². The molecular formula is C24H30F3N7O6S. The summed E-state index contributed by atoms with van der Waals surface area (Å²) in [6.07, 6.45) is -4.20. The molecule has 1 aromatic heterocycles. The number of carbonyl (C=O) groups excluding carboxylic acids is 3. The van der Waals surface area contributed by atoms with Gasteiger partial charge in [0.25, 0.3) is 0 Å². The van der Waals surface area contributed by atoms with Crippen LogP contribution in [0.1, 0.15) is 38.5 Å². The molecule has 0 radical (unpaired) electrons. The summed E-state index contributed by atoms with van der Waals surface area (Å²) in [6.45, 7) is 5.01. The number of hydrogen-bond acceptors (Lipinski definition) is 10. The van der Waals surface area contributed by atoms with Crippen molar-refractivity contribution in [3.63, 3.8) is 0 Å². The van der Waals surface area contributed by atoms with Crippen molar-refractivity contribution < 1.29 is 41.9 Å². The first-order valence-electron chi connectivity index (χ1n) is 13.2. The van der Waals surface area contributed by atoms with Gasteiger partial charge in [0.2, 0.25) is 23.6 Å². The standard InChI is InChI=1S/C24H30F3N7O6S/c1-9-17-16(10(2)30-14(35)6-15-31-32-23(40-15)24(25,26)27)21(37)34(17)18(22(38)39)19(9)41-12-5-13(29-7-12)20(36)33-4-3-11(28)8-33/h9-13,16-17,29H,3-8,28H2,1-2H3,(H,30,35)(H,38,39)/t9-,10-,11-,12?,13?,16-,17-/m1/s1. The summed E-state index contributed by atoms with van der Waals surface area (Å²) in [7, 11) is 0. The van der Waals surface area contributed by atoms with E-state index < -0.39 is 66.2 Å². The first-order valence-corrected chi connectivity index (χ1v) is 14.1.